The van der Waals surface area contributed by atoms with Gasteiger partial charge in [-0.15, -0.1) is 11.3 Å². The summed E-state index contributed by atoms with van der Waals surface area (Å²) in [6, 6.07) is 4.41. The summed E-state index contributed by atoms with van der Waals surface area (Å²) >= 11 is 1.74. The van der Waals surface area contributed by atoms with Gasteiger partial charge in [0.2, 0.25) is 15.9 Å². The molecule has 2 fully saturated rings. The average Bonchev–Trinajstić information content (AvgIpc) is 3.45. The zero-order valence-corrected chi connectivity index (χ0v) is 21.3. The quantitative estimate of drug-likeness (QED) is 0.634. The number of thiophene rings is 1. The molecule has 4 rings (SSSR count). The lowest BCUT2D eigenvalue weighted by molar-refractivity contribution is -0.126. The van der Waals surface area contributed by atoms with Crippen LogP contribution in [0.5, 0.6) is 0 Å². The van der Waals surface area contributed by atoms with E-state index in [4.69, 9.17) is 4.52 Å². The van der Waals surface area contributed by atoms with E-state index in [-0.39, 0.29) is 22.8 Å². The Balaban J connectivity index is 1.34. The maximum atomic E-state index is 13.0. The van der Waals surface area contributed by atoms with Crippen molar-refractivity contribution < 1.29 is 17.7 Å². The molecule has 0 radical (unpaired) electrons. The predicted molar refractivity (Wildman–Crippen MR) is 128 cm³/mol. The molecule has 0 bridgehead atoms. The number of nitrogens with zero attached hydrogens (tertiary/aromatic N) is 3. The van der Waals surface area contributed by atoms with E-state index in [1.807, 2.05) is 0 Å². The van der Waals surface area contributed by atoms with Crippen LogP contribution in [0.15, 0.2) is 26.9 Å². The van der Waals surface area contributed by atoms with E-state index in [9.17, 15) is 13.2 Å². The molecule has 1 unspecified atom stereocenters. The van der Waals surface area contributed by atoms with Crippen LogP contribution in [0.25, 0.3) is 0 Å². The molecule has 0 spiro atoms. The standard InChI is InChI=1S/C23H34N4O4S2/c1-16-6-10-26(11-7-16)20(21-5-4-14-32-21)15-24-23(28)19-8-12-27(13-9-19)33(29,30)22-17(2)25-31-18(22)3/h4-5,14,16,19-20H,6-13,15H2,1-3H3,(H,24,28). The Hall–Kier alpha value is -1.75. The monoisotopic (exact) mass is 494 g/mol. The molecule has 2 aromatic rings. The Morgan fingerprint density at radius 3 is 2.48 bits per heavy atom. The van der Waals surface area contributed by atoms with Crippen molar-refractivity contribution in [2.24, 2.45) is 11.8 Å². The highest BCUT2D eigenvalue weighted by molar-refractivity contribution is 7.89. The minimum atomic E-state index is -3.66. The second-order valence-corrected chi connectivity index (χ2v) is 12.2. The Bertz CT molecular complexity index is 1020. The average molecular weight is 495 g/mol. The molecular formula is C23H34N4O4S2. The van der Waals surface area contributed by atoms with Gasteiger partial charge in [0.05, 0.1) is 6.04 Å². The number of carbonyl (C=O) groups is 1. The maximum Gasteiger partial charge on any atom is 0.248 e. The van der Waals surface area contributed by atoms with Crippen molar-refractivity contribution in [3.8, 4) is 0 Å². The highest BCUT2D eigenvalue weighted by Gasteiger charge is 2.36. The predicted octanol–water partition coefficient (Wildman–Crippen LogP) is 3.34. The minimum absolute atomic E-state index is 0.0244. The maximum absolute atomic E-state index is 13.0. The number of hydrogen-bond donors (Lipinski definition) is 1. The van der Waals surface area contributed by atoms with Crippen LogP contribution in [0.2, 0.25) is 0 Å². The highest BCUT2D eigenvalue weighted by Crippen LogP contribution is 2.30. The molecule has 10 heteroatoms. The molecular weight excluding hydrogens is 460 g/mol. The smallest absolute Gasteiger partial charge is 0.248 e. The van der Waals surface area contributed by atoms with Gasteiger partial charge in [-0.1, -0.05) is 18.1 Å². The van der Waals surface area contributed by atoms with Crippen molar-refractivity contribution in [3.05, 3.63) is 33.8 Å². The normalized spacial score (nSPS) is 20.7. The molecule has 2 aromatic heterocycles. The van der Waals surface area contributed by atoms with Crippen LogP contribution < -0.4 is 5.32 Å². The Labute approximate surface area is 200 Å². The molecule has 0 aliphatic carbocycles. The van der Waals surface area contributed by atoms with Crippen LogP contribution in [0, 0.1) is 25.7 Å². The first-order chi connectivity index (χ1) is 15.8. The van der Waals surface area contributed by atoms with Gasteiger partial charge in [0, 0.05) is 30.4 Å². The summed E-state index contributed by atoms with van der Waals surface area (Å²) in [6.45, 7) is 8.89. The number of amides is 1. The zero-order chi connectivity index (χ0) is 23.6. The van der Waals surface area contributed by atoms with E-state index in [0.29, 0.717) is 43.9 Å². The van der Waals surface area contributed by atoms with Gasteiger partial charge in [-0.2, -0.15) is 4.31 Å². The molecule has 2 aliphatic heterocycles. The lowest BCUT2D eigenvalue weighted by Gasteiger charge is -2.37. The van der Waals surface area contributed by atoms with Crippen molar-refractivity contribution in [1.82, 2.24) is 19.7 Å². The van der Waals surface area contributed by atoms with Crippen molar-refractivity contribution in [3.63, 3.8) is 0 Å². The third-order valence-corrected chi connectivity index (χ3v) is 10.1. The molecule has 1 amide bonds. The third-order valence-electron chi connectivity index (χ3n) is 6.99. The molecule has 0 aromatic carbocycles. The van der Waals surface area contributed by atoms with Gasteiger partial charge in [-0.05, 0) is 70.0 Å². The van der Waals surface area contributed by atoms with Crippen molar-refractivity contribution >= 4 is 27.3 Å². The second-order valence-electron chi connectivity index (χ2n) is 9.33. The molecule has 182 valence electrons. The molecule has 1 atom stereocenters. The number of hydrogen-bond acceptors (Lipinski definition) is 7. The van der Waals surface area contributed by atoms with E-state index in [0.717, 1.165) is 19.0 Å². The molecule has 2 saturated heterocycles. The fraction of sp³-hybridized carbons (Fsp3) is 0.652. The summed E-state index contributed by atoms with van der Waals surface area (Å²) in [7, 11) is -3.66. The number of aryl methyl sites for hydroxylation is 2. The van der Waals surface area contributed by atoms with E-state index >= 15 is 0 Å². The molecule has 2 aliphatic rings. The van der Waals surface area contributed by atoms with E-state index < -0.39 is 10.0 Å². The van der Waals surface area contributed by atoms with E-state index in [2.05, 4.69) is 39.8 Å². The highest BCUT2D eigenvalue weighted by atomic mass is 32.2. The van der Waals surface area contributed by atoms with Crippen LogP contribution in [0.3, 0.4) is 0 Å². The first-order valence-corrected chi connectivity index (χ1v) is 14.1. The van der Waals surface area contributed by atoms with Gasteiger partial charge in [-0.3, -0.25) is 9.69 Å². The molecule has 33 heavy (non-hydrogen) atoms. The number of rotatable bonds is 7. The number of likely N-dealkylation sites (tertiary alicyclic amines) is 1. The lowest BCUT2D eigenvalue weighted by atomic mass is 9.96. The molecule has 4 heterocycles. The summed E-state index contributed by atoms with van der Waals surface area (Å²) in [5.74, 6) is 0.911. The van der Waals surface area contributed by atoms with Crippen molar-refractivity contribution in [1.29, 1.82) is 0 Å². The molecule has 0 saturated carbocycles. The SMILES string of the molecule is Cc1noc(C)c1S(=O)(=O)N1CCC(C(=O)NCC(c2cccs2)N2CCC(C)CC2)CC1. The van der Waals surface area contributed by atoms with Gasteiger partial charge in [0.15, 0.2) is 5.76 Å². The van der Waals surface area contributed by atoms with Gasteiger partial charge >= 0.3 is 0 Å². The van der Waals surface area contributed by atoms with Crippen LogP contribution in [-0.4, -0.2) is 61.4 Å². The molecule has 8 nitrogen and oxygen atoms in total. The van der Waals surface area contributed by atoms with Gasteiger partial charge in [-0.25, -0.2) is 8.42 Å². The largest absolute Gasteiger partial charge is 0.360 e. The number of aromatic nitrogens is 1. The summed E-state index contributed by atoms with van der Waals surface area (Å²) in [4.78, 5) is 16.9. The summed E-state index contributed by atoms with van der Waals surface area (Å²) in [5, 5.41) is 9.05. The second kappa shape index (κ2) is 10.2. The lowest BCUT2D eigenvalue weighted by Crippen LogP contribution is -2.46. The Morgan fingerprint density at radius 1 is 1.21 bits per heavy atom. The number of nitrogens with one attached hydrogen (secondary N) is 1. The minimum Gasteiger partial charge on any atom is -0.360 e. The topological polar surface area (TPSA) is 95.8 Å². The van der Waals surface area contributed by atoms with Crippen LogP contribution in [-0.2, 0) is 14.8 Å². The van der Waals surface area contributed by atoms with Crippen LogP contribution in [0.1, 0.15) is 55.0 Å². The first-order valence-electron chi connectivity index (χ1n) is 11.8. The summed E-state index contributed by atoms with van der Waals surface area (Å²) in [6.07, 6.45) is 3.40. The van der Waals surface area contributed by atoms with Crippen LogP contribution in [0.4, 0.5) is 0 Å². The van der Waals surface area contributed by atoms with Gasteiger partial charge in [0.25, 0.3) is 0 Å². The van der Waals surface area contributed by atoms with Gasteiger partial charge in [0.1, 0.15) is 10.6 Å². The van der Waals surface area contributed by atoms with Crippen molar-refractivity contribution in [2.45, 2.75) is 57.4 Å². The fourth-order valence-corrected chi connectivity index (χ4v) is 7.52. The van der Waals surface area contributed by atoms with Gasteiger partial charge < -0.3 is 9.84 Å². The van der Waals surface area contributed by atoms with E-state index in [1.54, 1.807) is 25.2 Å². The summed E-state index contributed by atoms with van der Waals surface area (Å²) in [5.41, 5.74) is 0.374. The van der Waals surface area contributed by atoms with E-state index in [1.165, 1.54) is 22.0 Å². The fourth-order valence-electron chi connectivity index (χ4n) is 4.90. The third kappa shape index (κ3) is 5.34. The number of piperidine rings is 2. The number of sulfonamides is 1. The van der Waals surface area contributed by atoms with Crippen molar-refractivity contribution in [2.75, 3.05) is 32.7 Å². The first kappa shape index (κ1) is 24.4. The molecule has 1 N–H and O–H groups in total. The van der Waals surface area contributed by atoms with Crippen LogP contribution >= 0.6 is 11.3 Å². The summed E-state index contributed by atoms with van der Waals surface area (Å²) < 4.78 is 32.6. The Morgan fingerprint density at radius 2 is 1.91 bits per heavy atom. The Kier molecular flexibility index (Phi) is 7.57. The zero-order valence-electron chi connectivity index (χ0n) is 19.6. The number of carbonyl (C=O) groups excluding carboxylic acids is 1.